The number of carbonyl (C=O) groups is 1. The van der Waals surface area contributed by atoms with Crippen LogP contribution in [0.15, 0.2) is 72.8 Å². The van der Waals surface area contributed by atoms with E-state index in [0.29, 0.717) is 23.0 Å². The van der Waals surface area contributed by atoms with E-state index in [1.165, 1.54) is 0 Å². The Morgan fingerprint density at radius 2 is 1.68 bits per heavy atom. The second-order valence-corrected chi connectivity index (χ2v) is 8.86. The van der Waals surface area contributed by atoms with E-state index in [1.54, 1.807) is 19.1 Å². The number of hydrogen-bond acceptors (Lipinski definition) is 4. The highest BCUT2D eigenvalue weighted by atomic mass is 32.1. The van der Waals surface area contributed by atoms with E-state index in [0.717, 1.165) is 33.4 Å². The van der Waals surface area contributed by atoms with Crippen LogP contribution in [0, 0.1) is 0 Å². The predicted octanol–water partition coefficient (Wildman–Crippen LogP) is 4.83. The van der Waals surface area contributed by atoms with Crippen LogP contribution < -0.4 is 14.4 Å². The molecule has 6 nitrogen and oxygen atoms in total. The Morgan fingerprint density at radius 1 is 0.941 bits per heavy atom. The van der Waals surface area contributed by atoms with E-state index in [-0.39, 0.29) is 11.9 Å². The van der Waals surface area contributed by atoms with E-state index in [2.05, 4.69) is 22.0 Å². The van der Waals surface area contributed by atoms with E-state index in [1.807, 2.05) is 60.7 Å². The van der Waals surface area contributed by atoms with Crippen LogP contribution in [0.25, 0.3) is 10.9 Å². The number of carbonyl (C=O) groups excluding carboxylic acids is 1. The molecule has 1 saturated heterocycles. The second-order valence-electron chi connectivity index (χ2n) is 8.50. The second kappa shape index (κ2) is 7.88. The Hall–Kier alpha value is -3.84. The van der Waals surface area contributed by atoms with Crippen molar-refractivity contribution in [3.05, 3.63) is 89.6 Å². The van der Waals surface area contributed by atoms with Gasteiger partial charge in [-0.15, -0.1) is 0 Å². The molecule has 6 rings (SSSR count). The molecule has 7 heteroatoms. The zero-order valence-electron chi connectivity index (χ0n) is 18.8. The Bertz CT molecular complexity index is 1430. The molecule has 2 aliphatic heterocycles. The van der Waals surface area contributed by atoms with Gasteiger partial charge in [0.05, 0.1) is 25.9 Å². The van der Waals surface area contributed by atoms with Gasteiger partial charge < -0.3 is 19.4 Å². The van der Waals surface area contributed by atoms with E-state index >= 15 is 0 Å². The molecular weight excluding hydrogens is 446 g/mol. The summed E-state index contributed by atoms with van der Waals surface area (Å²) >= 11 is 5.96. The third-order valence-electron chi connectivity index (χ3n) is 6.79. The monoisotopic (exact) mass is 469 g/mol. The van der Waals surface area contributed by atoms with E-state index in [4.69, 9.17) is 21.7 Å². The van der Waals surface area contributed by atoms with Gasteiger partial charge in [-0.2, -0.15) is 0 Å². The molecule has 170 valence electrons. The third kappa shape index (κ3) is 2.93. The quantitative estimate of drug-likeness (QED) is 0.434. The van der Waals surface area contributed by atoms with Crippen molar-refractivity contribution in [1.82, 2.24) is 9.88 Å². The number of benzene rings is 3. The predicted molar refractivity (Wildman–Crippen MR) is 136 cm³/mol. The molecular formula is C27H23N3O3S. The lowest BCUT2D eigenvalue weighted by Gasteiger charge is -2.37. The lowest BCUT2D eigenvalue weighted by Crippen LogP contribution is -2.44. The minimum Gasteiger partial charge on any atom is -0.493 e. The first-order valence-electron chi connectivity index (χ1n) is 11.1. The summed E-state index contributed by atoms with van der Waals surface area (Å²) in [5.41, 5.74) is 5.02. The first kappa shape index (κ1) is 20.7. The average Bonchev–Trinajstić information content (AvgIpc) is 3.37. The Morgan fingerprint density at radius 3 is 2.44 bits per heavy atom. The van der Waals surface area contributed by atoms with Crippen LogP contribution in [0.1, 0.15) is 22.9 Å². The van der Waals surface area contributed by atoms with Gasteiger partial charge in [-0.25, -0.2) is 0 Å². The summed E-state index contributed by atoms with van der Waals surface area (Å²) in [6.45, 7) is 0. The molecule has 34 heavy (non-hydrogen) atoms. The molecule has 2 atom stereocenters. The van der Waals surface area contributed by atoms with Crippen LogP contribution in [-0.2, 0) is 11.2 Å². The molecule has 1 amide bonds. The zero-order valence-corrected chi connectivity index (χ0v) is 19.6. The maximum Gasteiger partial charge on any atom is 0.256 e. The molecule has 0 radical (unpaired) electrons. The van der Waals surface area contributed by atoms with Crippen molar-refractivity contribution in [2.24, 2.45) is 0 Å². The fourth-order valence-corrected chi connectivity index (χ4v) is 5.69. The molecule has 4 aromatic rings. The van der Waals surface area contributed by atoms with Gasteiger partial charge in [0.15, 0.2) is 16.6 Å². The fourth-order valence-electron chi connectivity index (χ4n) is 5.26. The number of anilines is 1. The van der Waals surface area contributed by atoms with Crippen LogP contribution in [-0.4, -0.2) is 41.2 Å². The first-order valence-corrected chi connectivity index (χ1v) is 11.6. The van der Waals surface area contributed by atoms with Crippen LogP contribution in [0.3, 0.4) is 0 Å². The van der Waals surface area contributed by atoms with Gasteiger partial charge >= 0.3 is 0 Å². The number of nitrogens with zero attached hydrogens (tertiary/aromatic N) is 2. The van der Waals surface area contributed by atoms with Crippen molar-refractivity contribution in [1.29, 1.82) is 0 Å². The molecule has 1 fully saturated rings. The van der Waals surface area contributed by atoms with Gasteiger partial charge in [0.25, 0.3) is 5.91 Å². The number of methoxy groups -OCH3 is 2. The molecule has 1 aromatic heterocycles. The highest BCUT2D eigenvalue weighted by Gasteiger charge is 2.51. The average molecular weight is 470 g/mol. The maximum absolute atomic E-state index is 13.8. The number of thiocarbonyl (C=S) groups is 1. The van der Waals surface area contributed by atoms with Gasteiger partial charge in [0.1, 0.15) is 6.04 Å². The normalized spacial score (nSPS) is 19.4. The van der Waals surface area contributed by atoms with Crippen molar-refractivity contribution < 1.29 is 14.3 Å². The highest BCUT2D eigenvalue weighted by Crippen LogP contribution is 2.46. The number of aromatic nitrogens is 1. The smallest absolute Gasteiger partial charge is 0.256 e. The maximum atomic E-state index is 13.8. The summed E-state index contributed by atoms with van der Waals surface area (Å²) in [5, 5.41) is 1.64. The zero-order chi connectivity index (χ0) is 23.4. The minimum absolute atomic E-state index is 0.00222. The Balaban J connectivity index is 1.56. The number of nitrogens with one attached hydrogen (secondary N) is 1. The summed E-state index contributed by atoms with van der Waals surface area (Å²) in [6, 6.07) is 23.1. The summed E-state index contributed by atoms with van der Waals surface area (Å²) < 4.78 is 11.1. The van der Waals surface area contributed by atoms with Gasteiger partial charge in [-0.1, -0.05) is 42.5 Å². The molecule has 2 aliphatic rings. The Labute approximate surface area is 202 Å². The van der Waals surface area contributed by atoms with Crippen molar-refractivity contribution in [3.8, 4) is 11.5 Å². The number of ether oxygens (including phenoxy) is 2. The number of rotatable bonds is 4. The molecule has 0 saturated carbocycles. The lowest BCUT2D eigenvalue weighted by atomic mass is 9.88. The van der Waals surface area contributed by atoms with Gasteiger partial charge in [0.2, 0.25) is 0 Å². The number of amides is 1. The Kier molecular flexibility index (Phi) is 4.81. The largest absolute Gasteiger partial charge is 0.493 e. The number of H-pyrrole nitrogens is 1. The number of para-hydroxylation sites is 2. The van der Waals surface area contributed by atoms with Crippen molar-refractivity contribution in [2.45, 2.75) is 18.5 Å². The molecule has 3 aromatic carbocycles. The van der Waals surface area contributed by atoms with Crippen molar-refractivity contribution in [2.75, 3.05) is 19.1 Å². The number of aromatic amines is 1. The third-order valence-corrected chi connectivity index (χ3v) is 7.18. The van der Waals surface area contributed by atoms with Crippen LogP contribution in [0.4, 0.5) is 5.69 Å². The SMILES string of the molecule is COc1ccc(C2c3[nH]c4ccccc4c3CC3C(=O)N(c4ccccc4)C(=S)N32)cc1OC. The first-order chi connectivity index (χ1) is 16.6. The highest BCUT2D eigenvalue weighted by molar-refractivity contribution is 7.80. The summed E-state index contributed by atoms with van der Waals surface area (Å²) in [4.78, 5) is 21.1. The molecule has 0 spiro atoms. The molecule has 0 aliphatic carbocycles. The summed E-state index contributed by atoms with van der Waals surface area (Å²) in [7, 11) is 3.25. The minimum atomic E-state index is -0.391. The van der Waals surface area contributed by atoms with Gasteiger partial charge in [-0.3, -0.25) is 9.69 Å². The fraction of sp³-hybridized carbons (Fsp3) is 0.185. The topological polar surface area (TPSA) is 57.8 Å². The van der Waals surface area contributed by atoms with Crippen LogP contribution in [0.5, 0.6) is 11.5 Å². The van der Waals surface area contributed by atoms with Gasteiger partial charge in [-0.05, 0) is 53.7 Å². The summed E-state index contributed by atoms with van der Waals surface area (Å²) in [6.07, 6.45) is 0.589. The van der Waals surface area contributed by atoms with Crippen molar-refractivity contribution in [3.63, 3.8) is 0 Å². The van der Waals surface area contributed by atoms with Crippen LogP contribution in [0.2, 0.25) is 0 Å². The van der Waals surface area contributed by atoms with Crippen LogP contribution >= 0.6 is 12.2 Å². The molecule has 3 heterocycles. The van der Waals surface area contributed by atoms with E-state index in [9.17, 15) is 4.79 Å². The molecule has 0 bridgehead atoms. The number of hydrogen-bond donors (Lipinski definition) is 1. The summed E-state index contributed by atoms with van der Waals surface area (Å²) in [5.74, 6) is 1.29. The van der Waals surface area contributed by atoms with E-state index < -0.39 is 6.04 Å². The number of fused-ring (bicyclic) bond motifs is 4. The van der Waals surface area contributed by atoms with Gasteiger partial charge in [0, 0.05) is 23.0 Å². The molecule has 2 unspecified atom stereocenters. The molecule has 1 N–H and O–H groups in total. The lowest BCUT2D eigenvalue weighted by molar-refractivity contribution is -0.120. The standard InChI is InChI=1S/C27H23N3O3S/c1-32-22-13-12-16(14-23(22)33-2)25-24-19(18-10-6-7-11-20(18)28-24)15-21-26(31)29(27(34)30(21)25)17-8-4-3-5-9-17/h3-14,21,25,28H,15H2,1-2H3. The van der Waals surface area contributed by atoms with Crippen molar-refractivity contribution >= 4 is 39.8 Å².